The maximum atomic E-state index is 12.5. The molecule has 146 valence electrons. The van der Waals surface area contributed by atoms with Gasteiger partial charge in [-0.15, -0.1) is 0 Å². The van der Waals surface area contributed by atoms with Gasteiger partial charge in [0.1, 0.15) is 0 Å². The summed E-state index contributed by atoms with van der Waals surface area (Å²) in [6.45, 7) is 15.6. The van der Waals surface area contributed by atoms with Crippen LogP contribution in [0.5, 0.6) is 0 Å². The van der Waals surface area contributed by atoms with E-state index in [4.69, 9.17) is 18.8 Å². The zero-order valence-corrected chi connectivity index (χ0v) is 16.8. The smallest absolute Gasteiger partial charge is 0.465 e. The van der Waals surface area contributed by atoms with Crippen LogP contribution in [0.3, 0.4) is 0 Å². The molecule has 1 aliphatic carbocycles. The van der Waals surface area contributed by atoms with Gasteiger partial charge in [-0.3, -0.25) is 9.59 Å². The van der Waals surface area contributed by atoms with Crippen molar-refractivity contribution >= 4 is 19.1 Å². The van der Waals surface area contributed by atoms with Crippen molar-refractivity contribution in [2.24, 2.45) is 5.41 Å². The van der Waals surface area contributed by atoms with Gasteiger partial charge < -0.3 is 18.8 Å². The predicted molar refractivity (Wildman–Crippen MR) is 100 cm³/mol. The van der Waals surface area contributed by atoms with Crippen LogP contribution in [-0.4, -0.2) is 44.5 Å². The summed E-state index contributed by atoms with van der Waals surface area (Å²) in [5, 5.41) is 0. The maximum Gasteiger partial charge on any atom is 0.493 e. The van der Waals surface area contributed by atoms with E-state index in [2.05, 4.69) is 6.58 Å². The second-order valence-electron chi connectivity index (χ2n) is 6.86. The first kappa shape index (κ1) is 22.4. The highest BCUT2D eigenvalue weighted by Gasteiger charge is 2.52. The average Bonchev–Trinajstić information content (AvgIpc) is 2.99. The monoisotopic (exact) mass is 366 g/mol. The molecule has 0 aromatic heterocycles. The van der Waals surface area contributed by atoms with Crippen molar-refractivity contribution in [2.75, 3.05) is 13.2 Å². The van der Waals surface area contributed by atoms with Crippen LogP contribution in [0.4, 0.5) is 0 Å². The minimum atomic E-state index is -1.36. The second-order valence-corrected chi connectivity index (χ2v) is 6.86. The summed E-state index contributed by atoms with van der Waals surface area (Å²) in [6, 6.07) is 0. The molecule has 0 aromatic carbocycles. The molecule has 26 heavy (non-hydrogen) atoms. The molecule has 0 spiro atoms. The number of hydrogen-bond acceptors (Lipinski definition) is 6. The molecular formula is C19H31BO6. The zero-order valence-electron chi connectivity index (χ0n) is 16.8. The van der Waals surface area contributed by atoms with Crippen LogP contribution < -0.4 is 0 Å². The molecule has 0 aliphatic heterocycles. The topological polar surface area (TPSA) is 71.1 Å². The van der Waals surface area contributed by atoms with Crippen LogP contribution in [-0.2, 0) is 28.4 Å². The number of hydrogen-bond donors (Lipinski definition) is 0. The molecule has 1 aliphatic rings. The largest absolute Gasteiger partial charge is 0.493 e. The van der Waals surface area contributed by atoms with E-state index >= 15 is 0 Å². The molecule has 0 unspecified atom stereocenters. The van der Waals surface area contributed by atoms with E-state index in [9.17, 15) is 9.59 Å². The van der Waals surface area contributed by atoms with E-state index in [0.29, 0.717) is 5.47 Å². The van der Waals surface area contributed by atoms with Gasteiger partial charge in [0.05, 0.1) is 13.2 Å². The molecule has 0 saturated carbocycles. The van der Waals surface area contributed by atoms with Crippen LogP contribution in [0, 0.1) is 5.41 Å². The SMILES string of the molecule is C=C(B(OC(C)C)OC(C)C)C1=CCC(C(=O)OCC)(C(=O)OCC)C1. The van der Waals surface area contributed by atoms with Crippen molar-refractivity contribution in [3.05, 3.63) is 23.7 Å². The van der Waals surface area contributed by atoms with Gasteiger partial charge in [-0.1, -0.05) is 18.2 Å². The van der Waals surface area contributed by atoms with Gasteiger partial charge in [0.15, 0.2) is 5.41 Å². The van der Waals surface area contributed by atoms with E-state index in [1.54, 1.807) is 13.8 Å². The average molecular weight is 366 g/mol. The second kappa shape index (κ2) is 9.93. The Bertz CT molecular complexity index is 524. The fourth-order valence-corrected chi connectivity index (χ4v) is 2.79. The molecule has 7 heteroatoms. The lowest BCUT2D eigenvalue weighted by molar-refractivity contribution is -0.171. The summed E-state index contributed by atoms with van der Waals surface area (Å²) in [4.78, 5) is 25.1. The molecule has 0 bridgehead atoms. The van der Waals surface area contributed by atoms with Gasteiger partial charge in [-0.2, -0.15) is 0 Å². The number of ether oxygens (including phenoxy) is 2. The van der Waals surface area contributed by atoms with Gasteiger partial charge >= 0.3 is 19.1 Å². The lowest BCUT2D eigenvalue weighted by Gasteiger charge is -2.26. The van der Waals surface area contributed by atoms with Crippen molar-refractivity contribution in [3.63, 3.8) is 0 Å². The summed E-state index contributed by atoms with van der Waals surface area (Å²) in [7, 11) is -0.638. The van der Waals surface area contributed by atoms with Crippen molar-refractivity contribution < 1.29 is 28.4 Å². The van der Waals surface area contributed by atoms with E-state index < -0.39 is 24.5 Å². The van der Waals surface area contributed by atoms with E-state index in [1.807, 2.05) is 33.8 Å². The van der Waals surface area contributed by atoms with E-state index in [1.165, 1.54) is 0 Å². The number of allylic oxidation sites excluding steroid dienone is 3. The fraction of sp³-hybridized carbons (Fsp3) is 0.684. The lowest BCUT2D eigenvalue weighted by Crippen LogP contribution is -2.41. The fourth-order valence-electron chi connectivity index (χ4n) is 2.79. The minimum Gasteiger partial charge on any atom is -0.465 e. The Morgan fingerprint density at radius 3 is 1.92 bits per heavy atom. The Kier molecular flexibility index (Phi) is 8.57. The first-order chi connectivity index (χ1) is 12.2. The maximum absolute atomic E-state index is 12.5. The van der Waals surface area contributed by atoms with Gasteiger partial charge in [0.2, 0.25) is 0 Å². The Morgan fingerprint density at radius 2 is 1.54 bits per heavy atom. The first-order valence-corrected chi connectivity index (χ1v) is 9.21. The Morgan fingerprint density at radius 1 is 1.08 bits per heavy atom. The normalized spacial score (nSPS) is 15.8. The summed E-state index contributed by atoms with van der Waals surface area (Å²) in [5.74, 6) is -1.13. The first-order valence-electron chi connectivity index (χ1n) is 9.21. The lowest BCUT2D eigenvalue weighted by atomic mass is 9.72. The van der Waals surface area contributed by atoms with Crippen LogP contribution in [0.25, 0.3) is 0 Å². The summed E-state index contributed by atoms with van der Waals surface area (Å²) < 4.78 is 21.9. The van der Waals surface area contributed by atoms with Crippen LogP contribution >= 0.6 is 0 Å². The van der Waals surface area contributed by atoms with Gasteiger partial charge in [0.25, 0.3) is 0 Å². The third-order valence-corrected chi connectivity index (χ3v) is 4.01. The third kappa shape index (κ3) is 5.45. The quantitative estimate of drug-likeness (QED) is 0.336. The standard InChI is InChI=1S/C19H31BO6/c1-8-23-17(21)19(18(22)24-9-2)11-10-16(12-19)15(7)20(25-13(3)4)26-14(5)6/h10,13-14H,7-9,11-12H2,1-6H3. The molecule has 0 saturated heterocycles. The molecule has 0 radical (unpaired) electrons. The van der Waals surface area contributed by atoms with Crippen molar-refractivity contribution in [1.29, 1.82) is 0 Å². The van der Waals surface area contributed by atoms with Crippen molar-refractivity contribution in [1.82, 2.24) is 0 Å². The summed E-state index contributed by atoms with van der Waals surface area (Å²) in [5.41, 5.74) is 0.0186. The summed E-state index contributed by atoms with van der Waals surface area (Å²) >= 11 is 0. The number of rotatable bonds is 10. The molecule has 1 rings (SSSR count). The van der Waals surface area contributed by atoms with E-state index in [-0.39, 0.29) is 38.3 Å². The minimum absolute atomic E-state index is 0.0580. The van der Waals surface area contributed by atoms with Gasteiger partial charge in [-0.25, -0.2) is 0 Å². The molecule has 0 atom stereocenters. The highest BCUT2D eigenvalue weighted by atomic mass is 16.6. The molecular weight excluding hydrogens is 335 g/mol. The van der Waals surface area contributed by atoms with E-state index in [0.717, 1.165) is 5.57 Å². The number of carbonyl (C=O) groups excluding carboxylic acids is 2. The third-order valence-electron chi connectivity index (χ3n) is 4.01. The number of esters is 2. The van der Waals surface area contributed by atoms with Crippen LogP contribution in [0.2, 0.25) is 0 Å². The Labute approximate surface area is 157 Å². The molecule has 0 heterocycles. The molecule has 0 amide bonds. The molecule has 0 aromatic rings. The molecule has 0 N–H and O–H groups in total. The predicted octanol–water partition coefficient (Wildman–Crippen LogP) is 3.25. The molecule has 6 nitrogen and oxygen atoms in total. The zero-order chi connectivity index (χ0) is 19.9. The van der Waals surface area contributed by atoms with Crippen molar-refractivity contribution in [3.8, 4) is 0 Å². The number of carbonyl (C=O) groups is 2. The van der Waals surface area contributed by atoms with Crippen molar-refractivity contribution in [2.45, 2.75) is 66.6 Å². The Hall–Kier alpha value is -1.60. The van der Waals surface area contributed by atoms with Gasteiger partial charge in [0, 0.05) is 12.2 Å². The Balaban J connectivity index is 3.02. The molecule has 0 fully saturated rings. The van der Waals surface area contributed by atoms with Gasteiger partial charge in [-0.05, 0) is 59.9 Å². The highest BCUT2D eigenvalue weighted by molar-refractivity contribution is 6.55. The summed E-state index contributed by atoms with van der Waals surface area (Å²) in [6.07, 6.45) is 2.10. The highest BCUT2D eigenvalue weighted by Crippen LogP contribution is 2.43. The van der Waals surface area contributed by atoms with Crippen LogP contribution in [0.1, 0.15) is 54.4 Å². The van der Waals surface area contributed by atoms with Crippen LogP contribution in [0.15, 0.2) is 23.7 Å².